The molecule has 3 amide bonds. The van der Waals surface area contributed by atoms with Crippen LogP contribution in [0.15, 0.2) is 189 Å². The second-order valence-electron chi connectivity index (χ2n) is 27.1. The van der Waals surface area contributed by atoms with Crippen molar-refractivity contribution in [2.45, 2.75) is 58.4 Å². The standard InChI is InChI=1S/C28H29N7O2.C27H29N7O2.C26H23F4N7O2/c1-37-25-17-24(29-19-30-25)33-13-15-34(16-14-33)26(36)18-35-28(23-5-3-2-4-6-23)31-27(32-35)22-11-9-21(10-12-22)20-7-8-20;1-19-9-10-22(15-20(19)2)26-30-27(21-7-5-4-6-8-21)34(31-26)17-25(35)33-13-11-32(12-14-33)23-16-24(36-3)29-18-28-23;1-39-22-14-21(31-16-32-22)35-9-11-36(12-10-35)23(38)15-37-25(17-5-3-2-4-6-17)33-24(34-37)18-7-8-20(27)19(13-18)26(28,29)30/h2-6,9-12,17,19-20H,7-8,13-16,18H2,1H3;4-10,15-16,18H,11-14,17H2,1-3H3;2-8,13-14,16H,9-12,15H2,1H3. The first-order chi connectivity index (χ1) is 54.4. The first kappa shape index (κ1) is 75.7. The molecule has 16 rings (SSSR count). The van der Waals surface area contributed by atoms with Crippen LogP contribution < -0.4 is 28.9 Å². The van der Waals surface area contributed by atoms with Gasteiger partial charge in [-0.15, -0.1) is 15.3 Å². The maximum atomic E-state index is 13.8. The summed E-state index contributed by atoms with van der Waals surface area (Å²) in [6.07, 6.45) is 2.08. The second kappa shape index (κ2) is 34.2. The van der Waals surface area contributed by atoms with Crippen LogP contribution in [0, 0.1) is 19.7 Å². The quantitative estimate of drug-likeness (QED) is 0.0681. The Balaban J connectivity index is 0.000000140. The van der Waals surface area contributed by atoms with Crippen LogP contribution in [0.3, 0.4) is 0 Å². The molecule has 31 heteroatoms. The largest absolute Gasteiger partial charge is 0.481 e. The van der Waals surface area contributed by atoms with E-state index in [1.54, 1.807) is 64.9 Å². The predicted molar refractivity (Wildman–Crippen MR) is 411 cm³/mol. The van der Waals surface area contributed by atoms with Crippen LogP contribution in [0.4, 0.5) is 35.0 Å². The van der Waals surface area contributed by atoms with E-state index >= 15 is 0 Å². The topological polar surface area (TPSA) is 268 Å². The summed E-state index contributed by atoms with van der Waals surface area (Å²) in [6, 6.07) is 51.3. The molecule has 4 fully saturated rings. The smallest absolute Gasteiger partial charge is 0.419 e. The van der Waals surface area contributed by atoms with E-state index in [2.05, 4.69) is 100 Å². The van der Waals surface area contributed by atoms with Crippen LogP contribution in [0.25, 0.3) is 68.3 Å². The first-order valence-electron chi connectivity index (χ1n) is 36.6. The highest BCUT2D eigenvalue weighted by atomic mass is 19.4. The Morgan fingerprint density at radius 1 is 0.393 bits per heavy atom. The highest BCUT2D eigenvalue weighted by Gasteiger charge is 2.36. The maximum absolute atomic E-state index is 13.8. The molecule has 0 atom stereocenters. The van der Waals surface area contributed by atoms with Crippen LogP contribution in [0.5, 0.6) is 17.6 Å². The van der Waals surface area contributed by atoms with Crippen molar-refractivity contribution in [3.05, 3.63) is 217 Å². The third-order valence-corrected chi connectivity index (χ3v) is 19.9. The normalized spacial score (nSPS) is 14.4. The molecule has 4 aliphatic rings. The lowest BCUT2D eigenvalue weighted by molar-refractivity contribution is -0.140. The Hall–Kier alpha value is -13.1. The number of aromatic nitrogens is 15. The van der Waals surface area contributed by atoms with Gasteiger partial charge in [0.15, 0.2) is 34.9 Å². The zero-order chi connectivity index (χ0) is 77.8. The molecule has 3 aliphatic heterocycles. The molecule has 0 spiro atoms. The first-order valence-corrected chi connectivity index (χ1v) is 36.6. The molecule has 0 radical (unpaired) electrons. The van der Waals surface area contributed by atoms with E-state index in [1.165, 1.54) is 66.4 Å². The number of halogens is 4. The Morgan fingerprint density at radius 3 is 1.07 bits per heavy atom. The number of rotatable bonds is 19. The summed E-state index contributed by atoms with van der Waals surface area (Å²) < 4.78 is 74.1. The second-order valence-corrected chi connectivity index (χ2v) is 27.1. The Morgan fingerprint density at radius 2 is 0.732 bits per heavy atom. The van der Waals surface area contributed by atoms with Gasteiger partial charge in [-0.05, 0) is 73.6 Å². The zero-order valence-electron chi connectivity index (χ0n) is 62.3. The Bertz CT molecular complexity index is 5240. The molecule has 3 saturated heterocycles. The van der Waals surface area contributed by atoms with E-state index in [4.69, 9.17) is 34.4 Å². The number of carbonyl (C=O) groups excluding carboxylic acids is 3. The molecule has 12 aromatic rings. The predicted octanol–water partition coefficient (Wildman–Crippen LogP) is 10.9. The van der Waals surface area contributed by atoms with E-state index in [9.17, 15) is 31.9 Å². The fourth-order valence-corrected chi connectivity index (χ4v) is 13.3. The molecular weight excluding hydrogens is 1440 g/mol. The summed E-state index contributed by atoms with van der Waals surface area (Å²) in [4.78, 5) is 90.9. The minimum atomic E-state index is -4.88. The molecule has 112 heavy (non-hydrogen) atoms. The lowest BCUT2D eigenvalue weighted by Gasteiger charge is -2.35. The number of benzene rings is 6. The highest BCUT2D eigenvalue weighted by Crippen LogP contribution is 2.41. The van der Waals surface area contributed by atoms with Gasteiger partial charge in [-0.25, -0.2) is 63.3 Å². The molecule has 0 bridgehead atoms. The molecule has 1 saturated carbocycles. The molecule has 9 heterocycles. The SMILES string of the molecule is COc1cc(N2CCN(C(=O)Cn3nc(-c4ccc(C)c(C)c4)nc3-c3ccccc3)CC2)ncn1.COc1cc(N2CCN(C(=O)Cn3nc(-c4ccc(C5CC5)cc4)nc3-c3ccccc3)CC2)ncn1.COc1cc(N2CCN(C(=O)Cn3nc(-c4ccc(F)c(C(F)(F)F)c4)nc3-c3ccccc3)CC2)ncn1. The average Bonchev–Trinajstić information content (AvgIpc) is 1.39. The van der Waals surface area contributed by atoms with Crippen LogP contribution >= 0.6 is 0 Å². The molecule has 6 aromatic heterocycles. The number of alkyl halides is 3. The fourth-order valence-electron chi connectivity index (χ4n) is 13.3. The Kier molecular flexibility index (Phi) is 23.1. The molecule has 0 unspecified atom stereocenters. The number of aryl methyl sites for hydroxylation is 2. The minimum Gasteiger partial charge on any atom is -0.481 e. The summed E-state index contributed by atoms with van der Waals surface area (Å²) >= 11 is 0. The third kappa shape index (κ3) is 18.1. The van der Waals surface area contributed by atoms with E-state index in [0.29, 0.717) is 149 Å². The van der Waals surface area contributed by atoms with Crippen molar-refractivity contribution in [2.24, 2.45) is 0 Å². The van der Waals surface area contributed by atoms with Gasteiger partial charge in [0.2, 0.25) is 35.4 Å². The average molecular weight is 1520 g/mol. The van der Waals surface area contributed by atoms with Crippen LogP contribution in [-0.4, -0.2) is 206 Å². The van der Waals surface area contributed by atoms with E-state index in [1.807, 2.05) is 93.6 Å². The van der Waals surface area contributed by atoms with Gasteiger partial charge < -0.3 is 43.6 Å². The number of piperazine rings is 3. The van der Waals surface area contributed by atoms with Crippen molar-refractivity contribution in [3.8, 4) is 86.0 Å². The number of anilines is 3. The number of nitrogens with zero attached hydrogens (tertiary/aromatic N) is 21. The van der Waals surface area contributed by atoms with Gasteiger partial charge in [-0.1, -0.05) is 127 Å². The summed E-state index contributed by atoms with van der Waals surface area (Å²) in [5, 5.41) is 13.9. The summed E-state index contributed by atoms with van der Waals surface area (Å²) in [6.45, 7) is 11.3. The monoisotopic (exact) mass is 1520 g/mol. The molecule has 27 nitrogen and oxygen atoms in total. The van der Waals surface area contributed by atoms with Crippen molar-refractivity contribution in [1.29, 1.82) is 0 Å². The number of hydrogen-bond acceptors (Lipinski definition) is 21. The number of amides is 3. The van der Waals surface area contributed by atoms with Crippen molar-refractivity contribution >= 4 is 35.2 Å². The zero-order valence-corrected chi connectivity index (χ0v) is 62.3. The van der Waals surface area contributed by atoms with Crippen LogP contribution in [-0.2, 0) is 40.2 Å². The van der Waals surface area contributed by atoms with Crippen molar-refractivity contribution in [1.82, 2.24) is 88.9 Å². The van der Waals surface area contributed by atoms with Gasteiger partial charge in [0.05, 0.1) is 26.9 Å². The van der Waals surface area contributed by atoms with Gasteiger partial charge in [0, 0.05) is 130 Å². The lowest BCUT2D eigenvalue weighted by atomic mass is 10.1. The van der Waals surface area contributed by atoms with Gasteiger partial charge in [0.25, 0.3) is 0 Å². The number of carbonyl (C=O) groups is 3. The summed E-state index contributed by atoms with van der Waals surface area (Å²) in [5.74, 6) is 5.83. The van der Waals surface area contributed by atoms with E-state index in [0.717, 1.165) is 40.0 Å². The summed E-state index contributed by atoms with van der Waals surface area (Å²) in [7, 11) is 4.69. The number of ether oxygens (including phenoxy) is 3. The molecular formula is C81H81F4N21O6. The maximum Gasteiger partial charge on any atom is 0.419 e. The summed E-state index contributed by atoms with van der Waals surface area (Å²) in [5.41, 5.74) is 6.75. The highest BCUT2D eigenvalue weighted by molar-refractivity contribution is 5.79. The van der Waals surface area contributed by atoms with Crippen LogP contribution in [0.2, 0.25) is 0 Å². The van der Waals surface area contributed by atoms with E-state index in [-0.39, 0.29) is 48.7 Å². The van der Waals surface area contributed by atoms with Gasteiger partial charge in [-0.2, -0.15) is 13.2 Å². The number of hydrogen-bond donors (Lipinski definition) is 0. The fraction of sp³-hybridized carbons (Fsp3) is 0.296. The molecule has 1 aliphatic carbocycles. The van der Waals surface area contributed by atoms with Gasteiger partial charge in [0.1, 0.15) is 61.9 Å². The number of methoxy groups -OCH3 is 3. The molecule has 574 valence electrons. The van der Waals surface area contributed by atoms with Crippen molar-refractivity contribution in [3.63, 3.8) is 0 Å². The van der Waals surface area contributed by atoms with Crippen molar-refractivity contribution < 1.29 is 46.2 Å². The lowest BCUT2D eigenvalue weighted by Crippen LogP contribution is -2.50. The van der Waals surface area contributed by atoms with Gasteiger partial charge in [-0.3, -0.25) is 14.4 Å². The van der Waals surface area contributed by atoms with Crippen molar-refractivity contribution in [2.75, 3.05) is 115 Å². The van der Waals surface area contributed by atoms with E-state index < -0.39 is 17.6 Å². The molecule has 0 N–H and O–H groups in total. The van der Waals surface area contributed by atoms with Gasteiger partial charge >= 0.3 is 6.18 Å². The minimum absolute atomic E-state index is 0.0130. The Labute approximate surface area is 643 Å². The van der Waals surface area contributed by atoms with Crippen LogP contribution in [0.1, 0.15) is 41.0 Å². The third-order valence-electron chi connectivity index (χ3n) is 19.9. The molecule has 6 aromatic carbocycles.